The fourth-order valence-corrected chi connectivity index (χ4v) is 3.35. The molecule has 2 unspecified atom stereocenters. The van der Waals surface area contributed by atoms with E-state index >= 15 is 0 Å². The summed E-state index contributed by atoms with van der Waals surface area (Å²) in [5, 5.41) is 5.75. The van der Waals surface area contributed by atoms with Crippen LogP contribution in [0.5, 0.6) is 0 Å². The number of likely N-dealkylation sites (tertiary alicyclic amines) is 1. The van der Waals surface area contributed by atoms with Gasteiger partial charge in [0.1, 0.15) is 18.5 Å². The van der Waals surface area contributed by atoms with Crippen molar-refractivity contribution >= 4 is 17.7 Å². The first kappa shape index (κ1) is 22.8. The Morgan fingerprint density at radius 1 is 1.17 bits per heavy atom. The molecule has 0 aromatic heterocycles. The van der Waals surface area contributed by atoms with E-state index in [1.54, 1.807) is 4.90 Å². The molecule has 1 saturated heterocycles. The van der Waals surface area contributed by atoms with Crippen molar-refractivity contribution < 1.29 is 23.5 Å². The van der Waals surface area contributed by atoms with E-state index in [9.17, 15) is 18.8 Å². The van der Waals surface area contributed by atoms with Crippen molar-refractivity contribution in [2.75, 3.05) is 26.8 Å². The minimum Gasteiger partial charge on any atom is -0.375 e. The molecule has 29 heavy (non-hydrogen) atoms. The molecule has 0 bridgehead atoms. The Hall–Kier alpha value is -2.48. The number of methoxy groups -OCH3 is 1. The van der Waals surface area contributed by atoms with Gasteiger partial charge < -0.3 is 20.3 Å². The van der Waals surface area contributed by atoms with Crippen LogP contribution in [-0.4, -0.2) is 61.5 Å². The summed E-state index contributed by atoms with van der Waals surface area (Å²) in [6.45, 7) is 4.92. The Bertz CT molecular complexity index is 702. The van der Waals surface area contributed by atoms with Crippen LogP contribution in [0.2, 0.25) is 0 Å². The van der Waals surface area contributed by atoms with Crippen LogP contribution in [-0.2, 0) is 14.3 Å². The topological polar surface area (TPSA) is 87.7 Å². The summed E-state index contributed by atoms with van der Waals surface area (Å²) in [5.41, 5.74) is 0.292. The van der Waals surface area contributed by atoms with Gasteiger partial charge in [0.25, 0.3) is 5.91 Å². The molecule has 2 N–H and O–H groups in total. The largest absolute Gasteiger partial charge is 0.375 e. The predicted octanol–water partition coefficient (Wildman–Crippen LogP) is 1.72. The number of halogens is 1. The Morgan fingerprint density at radius 2 is 1.79 bits per heavy atom. The summed E-state index contributed by atoms with van der Waals surface area (Å²) >= 11 is 0. The molecule has 8 heteroatoms. The van der Waals surface area contributed by atoms with E-state index in [2.05, 4.69) is 10.6 Å². The van der Waals surface area contributed by atoms with E-state index < -0.39 is 17.8 Å². The quantitative estimate of drug-likeness (QED) is 0.687. The van der Waals surface area contributed by atoms with Gasteiger partial charge in [0, 0.05) is 31.8 Å². The summed E-state index contributed by atoms with van der Waals surface area (Å²) in [6.07, 6.45) is 1.96. The van der Waals surface area contributed by atoms with Crippen molar-refractivity contribution in [3.05, 3.63) is 35.6 Å². The van der Waals surface area contributed by atoms with Gasteiger partial charge >= 0.3 is 0 Å². The lowest BCUT2D eigenvalue weighted by atomic mass is 9.88. The average Bonchev–Trinajstić information content (AvgIpc) is 2.72. The van der Waals surface area contributed by atoms with E-state index in [1.165, 1.54) is 31.4 Å². The molecule has 1 aromatic rings. The second-order valence-electron chi connectivity index (χ2n) is 7.43. The summed E-state index contributed by atoms with van der Waals surface area (Å²) < 4.78 is 18.0. The summed E-state index contributed by atoms with van der Waals surface area (Å²) in [6, 6.07) is 4.46. The molecule has 160 valence electrons. The van der Waals surface area contributed by atoms with Crippen LogP contribution in [0.25, 0.3) is 0 Å². The number of nitrogens with one attached hydrogen (secondary N) is 2. The number of carbonyl (C=O) groups is 3. The molecule has 0 saturated carbocycles. The number of benzene rings is 1. The van der Waals surface area contributed by atoms with Gasteiger partial charge in [-0.1, -0.05) is 6.92 Å². The number of amides is 3. The van der Waals surface area contributed by atoms with Crippen LogP contribution in [0, 0.1) is 11.7 Å². The maximum Gasteiger partial charge on any atom is 0.251 e. The number of hydrogen-bond donors (Lipinski definition) is 2. The molecule has 0 aliphatic carbocycles. The first-order valence-electron chi connectivity index (χ1n) is 9.99. The molecule has 1 aliphatic heterocycles. The third-order valence-corrected chi connectivity index (χ3v) is 5.31. The van der Waals surface area contributed by atoms with Gasteiger partial charge in [-0.05, 0) is 56.4 Å². The van der Waals surface area contributed by atoms with E-state index in [0.717, 1.165) is 6.42 Å². The minimum absolute atomic E-state index is 0.0175. The van der Waals surface area contributed by atoms with E-state index in [1.807, 2.05) is 13.8 Å². The lowest BCUT2D eigenvalue weighted by molar-refractivity contribution is -0.136. The van der Waals surface area contributed by atoms with Crippen LogP contribution >= 0.6 is 0 Å². The van der Waals surface area contributed by atoms with Gasteiger partial charge in [0.2, 0.25) is 11.8 Å². The summed E-state index contributed by atoms with van der Waals surface area (Å²) in [4.78, 5) is 39.2. The van der Waals surface area contributed by atoms with Crippen molar-refractivity contribution in [3.8, 4) is 0 Å². The zero-order chi connectivity index (χ0) is 21.4. The lowest BCUT2D eigenvalue weighted by Gasteiger charge is -2.36. The fraction of sp³-hybridized carbons (Fsp3) is 0.571. The smallest absolute Gasteiger partial charge is 0.251 e. The summed E-state index contributed by atoms with van der Waals surface area (Å²) in [7, 11) is 1.48. The zero-order valence-electron chi connectivity index (χ0n) is 17.2. The molecule has 0 radical (unpaired) electrons. The first-order valence-corrected chi connectivity index (χ1v) is 9.99. The zero-order valence-corrected chi connectivity index (χ0v) is 17.2. The van der Waals surface area contributed by atoms with Crippen molar-refractivity contribution in [1.29, 1.82) is 0 Å². The van der Waals surface area contributed by atoms with Crippen molar-refractivity contribution in [1.82, 2.24) is 15.5 Å². The predicted molar refractivity (Wildman–Crippen MR) is 107 cm³/mol. The Kier molecular flexibility index (Phi) is 8.57. The number of nitrogens with zero attached hydrogens (tertiary/aromatic N) is 1. The maximum atomic E-state index is 13.1. The van der Waals surface area contributed by atoms with Gasteiger partial charge in [-0.3, -0.25) is 14.4 Å². The highest BCUT2D eigenvalue weighted by molar-refractivity contribution is 5.97. The van der Waals surface area contributed by atoms with E-state index in [4.69, 9.17) is 4.74 Å². The molecule has 2 atom stereocenters. The highest BCUT2D eigenvalue weighted by Gasteiger charge is 2.34. The molecule has 1 aliphatic rings. The van der Waals surface area contributed by atoms with E-state index in [-0.39, 0.29) is 30.4 Å². The fourth-order valence-electron chi connectivity index (χ4n) is 3.35. The first-order chi connectivity index (χ1) is 13.8. The molecule has 3 amide bonds. The van der Waals surface area contributed by atoms with Gasteiger partial charge in [0.05, 0.1) is 0 Å². The van der Waals surface area contributed by atoms with Crippen LogP contribution in [0.4, 0.5) is 4.39 Å². The van der Waals surface area contributed by atoms with Gasteiger partial charge in [-0.25, -0.2) is 4.39 Å². The third kappa shape index (κ3) is 6.52. The van der Waals surface area contributed by atoms with Gasteiger partial charge in [-0.2, -0.15) is 0 Å². The maximum absolute atomic E-state index is 13.1. The molecule has 2 rings (SSSR count). The third-order valence-electron chi connectivity index (χ3n) is 5.31. The molecule has 1 heterocycles. The minimum atomic E-state index is -0.721. The molecular formula is C21H30FN3O4. The molecular weight excluding hydrogens is 377 g/mol. The normalized spacial score (nSPS) is 16.8. The molecule has 7 nitrogen and oxygen atoms in total. The number of piperidine rings is 1. The van der Waals surface area contributed by atoms with Crippen LogP contribution < -0.4 is 10.6 Å². The molecule has 1 fully saturated rings. The second-order valence-corrected chi connectivity index (χ2v) is 7.43. The SMILES string of the molecule is CCC(C)NC(=O)C(NC(=O)c1ccc(F)cc1)C1CCN(C(=O)COC)CC1. The van der Waals surface area contributed by atoms with Crippen LogP contribution in [0.15, 0.2) is 24.3 Å². The highest BCUT2D eigenvalue weighted by atomic mass is 19.1. The number of rotatable bonds is 8. The standard InChI is InChI=1S/C21H30FN3O4/c1-4-14(2)23-21(28)19(24-20(27)16-5-7-17(22)8-6-16)15-9-11-25(12-10-15)18(26)13-29-3/h5-8,14-15,19H,4,9-13H2,1-3H3,(H,23,28)(H,24,27). The van der Waals surface area contributed by atoms with Crippen LogP contribution in [0.1, 0.15) is 43.5 Å². The van der Waals surface area contributed by atoms with Gasteiger partial charge in [-0.15, -0.1) is 0 Å². The van der Waals surface area contributed by atoms with Crippen molar-refractivity contribution in [2.45, 2.75) is 45.2 Å². The van der Waals surface area contributed by atoms with Crippen molar-refractivity contribution in [3.63, 3.8) is 0 Å². The van der Waals surface area contributed by atoms with Crippen molar-refractivity contribution in [2.24, 2.45) is 5.92 Å². The van der Waals surface area contributed by atoms with E-state index in [0.29, 0.717) is 31.5 Å². The number of hydrogen-bond acceptors (Lipinski definition) is 4. The Balaban J connectivity index is 2.09. The number of carbonyl (C=O) groups excluding carboxylic acids is 3. The Labute approximate surface area is 171 Å². The van der Waals surface area contributed by atoms with Crippen LogP contribution in [0.3, 0.4) is 0 Å². The molecule has 1 aromatic carbocycles. The average molecular weight is 407 g/mol. The van der Waals surface area contributed by atoms with Gasteiger partial charge in [0.15, 0.2) is 0 Å². The lowest BCUT2D eigenvalue weighted by Crippen LogP contribution is -2.55. The number of ether oxygens (including phenoxy) is 1. The highest BCUT2D eigenvalue weighted by Crippen LogP contribution is 2.22. The second kappa shape index (κ2) is 10.9. The molecule has 0 spiro atoms. The monoisotopic (exact) mass is 407 g/mol. The Morgan fingerprint density at radius 3 is 2.34 bits per heavy atom. The summed E-state index contributed by atoms with van der Waals surface area (Å²) in [5.74, 6) is -1.28.